The Morgan fingerprint density at radius 1 is 1.27 bits per heavy atom. The highest BCUT2D eigenvalue weighted by Crippen LogP contribution is 2.19. The summed E-state index contributed by atoms with van der Waals surface area (Å²) in [5.74, 6) is 0.589. The highest BCUT2D eigenvalue weighted by atomic mass is 19.1. The molecule has 0 radical (unpaired) electrons. The summed E-state index contributed by atoms with van der Waals surface area (Å²) in [7, 11) is 0. The van der Waals surface area contributed by atoms with E-state index in [4.69, 9.17) is 4.42 Å². The van der Waals surface area contributed by atoms with Gasteiger partial charge in [0, 0.05) is 5.69 Å². The van der Waals surface area contributed by atoms with E-state index >= 15 is 0 Å². The lowest BCUT2D eigenvalue weighted by molar-refractivity contribution is 0.490. The van der Waals surface area contributed by atoms with Crippen molar-refractivity contribution in [1.29, 1.82) is 0 Å². The number of nitrogens with one attached hydrogen (secondary N) is 1. The number of hydrogen-bond acceptors (Lipinski definition) is 2. The van der Waals surface area contributed by atoms with Gasteiger partial charge < -0.3 is 9.73 Å². The van der Waals surface area contributed by atoms with E-state index in [2.05, 4.69) is 5.32 Å². The van der Waals surface area contributed by atoms with Crippen molar-refractivity contribution in [3.05, 3.63) is 54.2 Å². The zero-order valence-electron chi connectivity index (χ0n) is 8.41. The van der Waals surface area contributed by atoms with Gasteiger partial charge in [-0.05, 0) is 37.3 Å². The number of rotatable bonds is 3. The van der Waals surface area contributed by atoms with Gasteiger partial charge in [-0.25, -0.2) is 4.39 Å². The minimum absolute atomic E-state index is 0.0294. The number of anilines is 1. The molecule has 1 atom stereocenters. The van der Waals surface area contributed by atoms with Crippen LogP contribution in [0.3, 0.4) is 0 Å². The first-order valence-electron chi connectivity index (χ1n) is 4.81. The standard InChI is InChI=1S/C12H12FNO/c1-9(12-6-3-7-15-12)14-11-5-2-4-10(13)8-11/h2-9,14H,1H3/t9-/m0/s1. The monoisotopic (exact) mass is 205 g/mol. The van der Waals surface area contributed by atoms with Crippen LogP contribution < -0.4 is 5.32 Å². The Kier molecular flexibility index (Phi) is 2.72. The third kappa shape index (κ3) is 2.37. The third-order valence-corrected chi connectivity index (χ3v) is 2.18. The molecule has 0 saturated heterocycles. The summed E-state index contributed by atoms with van der Waals surface area (Å²) in [5.41, 5.74) is 0.749. The predicted molar refractivity (Wildman–Crippen MR) is 57.1 cm³/mol. The van der Waals surface area contributed by atoms with E-state index < -0.39 is 0 Å². The average molecular weight is 205 g/mol. The molecule has 1 aromatic heterocycles. The van der Waals surface area contributed by atoms with E-state index in [0.717, 1.165) is 11.4 Å². The molecule has 1 heterocycles. The second kappa shape index (κ2) is 4.17. The SMILES string of the molecule is C[C@H](Nc1cccc(F)c1)c1ccco1. The Balaban J connectivity index is 2.09. The van der Waals surface area contributed by atoms with E-state index in [1.165, 1.54) is 12.1 Å². The fourth-order valence-electron chi connectivity index (χ4n) is 1.44. The van der Waals surface area contributed by atoms with Gasteiger partial charge >= 0.3 is 0 Å². The molecule has 78 valence electrons. The van der Waals surface area contributed by atoms with E-state index in [0.29, 0.717) is 0 Å². The normalized spacial score (nSPS) is 12.4. The summed E-state index contributed by atoms with van der Waals surface area (Å²) >= 11 is 0. The number of furan rings is 1. The van der Waals surface area contributed by atoms with Gasteiger partial charge in [-0.1, -0.05) is 6.07 Å². The molecule has 0 saturated carbocycles. The van der Waals surface area contributed by atoms with Gasteiger partial charge in [0.05, 0.1) is 12.3 Å². The molecule has 2 nitrogen and oxygen atoms in total. The lowest BCUT2D eigenvalue weighted by Crippen LogP contribution is -2.05. The zero-order chi connectivity index (χ0) is 10.7. The quantitative estimate of drug-likeness (QED) is 0.828. The minimum atomic E-state index is -0.244. The van der Waals surface area contributed by atoms with Crippen LogP contribution in [0.1, 0.15) is 18.7 Å². The van der Waals surface area contributed by atoms with Crippen LogP contribution in [-0.2, 0) is 0 Å². The molecule has 0 fully saturated rings. The molecule has 0 aliphatic rings. The molecule has 0 spiro atoms. The molecule has 1 aromatic carbocycles. The van der Waals surface area contributed by atoms with Gasteiger partial charge in [-0.2, -0.15) is 0 Å². The van der Waals surface area contributed by atoms with Crippen molar-refractivity contribution in [2.75, 3.05) is 5.32 Å². The van der Waals surface area contributed by atoms with Crippen LogP contribution in [-0.4, -0.2) is 0 Å². The Bertz CT molecular complexity index is 425. The molecule has 2 aromatic rings. The number of hydrogen-bond donors (Lipinski definition) is 1. The lowest BCUT2D eigenvalue weighted by Gasteiger charge is -2.12. The van der Waals surface area contributed by atoms with E-state index in [-0.39, 0.29) is 11.9 Å². The summed E-state index contributed by atoms with van der Waals surface area (Å²) in [6.07, 6.45) is 1.62. The van der Waals surface area contributed by atoms with Crippen LogP contribution in [0.5, 0.6) is 0 Å². The van der Waals surface area contributed by atoms with Gasteiger partial charge in [-0.3, -0.25) is 0 Å². The topological polar surface area (TPSA) is 25.2 Å². The largest absolute Gasteiger partial charge is 0.467 e. The molecule has 2 rings (SSSR count). The molecular formula is C12H12FNO. The van der Waals surface area contributed by atoms with E-state index in [9.17, 15) is 4.39 Å². The first-order chi connectivity index (χ1) is 7.25. The highest BCUT2D eigenvalue weighted by molar-refractivity contribution is 5.44. The first-order valence-corrected chi connectivity index (χ1v) is 4.81. The fraction of sp³-hybridized carbons (Fsp3) is 0.167. The molecule has 0 aliphatic carbocycles. The smallest absolute Gasteiger partial charge is 0.125 e. The van der Waals surface area contributed by atoms with E-state index in [1.54, 1.807) is 12.3 Å². The van der Waals surface area contributed by atoms with Gasteiger partial charge in [-0.15, -0.1) is 0 Å². The summed E-state index contributed by atoms with van der Waals surface area (Å²) in [6, 6.07) is 10.1. The van der Waals surface area contributed by atoms with Crippen molar-refractivity contribution in [3.8, 4) is 0 Å². The second-order valence-electron chi connectivity index (χ2n) is 3.39. The molecule has 1 N–H and O–H groups in total. The molecular weight excluding hydrogens is 193 g/mol. The average Bonchev–Trinajstić information content (AvgIpc) is 2.70. The summed E-state index contributed by atoms with van der Waals surface area (Å²) < 4.78 is 18.1. The molecule has 15 heavy (non-hydrogen) atoms. The molecule has 0 unspecified atom stereocenters. The minimum Gasteiger partial charge on any atom is -0.467 e. The van der Waals surface area contributed by atoms with Crippen LogP contribution in [0.4, 0.5) is 10.1 Å². The third-order valence-electron chi connectivity index (χ3n) is 2.18. The van der Waals surface area contributed by atoms with Gasteiger partial charge in [0.25, 0.3) is 0 Å². The Labute approximate surface area is 87.7 Å². The molecule has 0 aliphatic heterocycles. The Morgan fingerprint density at radius 3 is 2.80 bits per heavy atom. The first kappa shape index (κ1) is 9.77. The van der Waals surface area contributed by atoms with Crippen molar-refractivity contribution in [3.63, 3.8) is 0 Å². The second-order valence-corrected chi connectivity index (χ2v) is 3.39. The summed E-state index contributed by atoms with van der Waals surface area (Å²) in [5, 5.41) is 3.15. The molecule has 3 heteroatoms. The molecule has 0 amide bonds. The molecule has 0 bridgehead atoms. The van der Waals surface area contributed by atoms with Gasteiger partial charge in [0.15, 0.2) is 0 Å². The maximum absolute atomic E-state index is 12.9. The van der Waals surface area contributed by atoms with Gasteiger partial charge in [0.1, 0.15) is 11.6 Å². The van der Waals surface area contributed by atoms with Crippen molar-refractivity contribution in [2.45, 2.75) is 13.0 Å². The summed E-state index contributed by atoms with van der Waals surface area (Å²) in [4.78, 5) is 0. The van der Waals surface area contributed by atoms with Crippen LogP contribution in [0.15, 0.2) is 47.1 Å². The van der Waals surface area contributed by atoms with Crippen LogP contribution >= 0.6 is 0 Å². The van der Waals surface area contributed by atoms with Gasteiger partial charge in [0.2, 0.25) is 0 Å². The Hall–Kier alpha value is -1.77. The predicted octanol–water partition coefficient (Wildman–Crippen LogP) is 3.59. The van der Waals surface area contributed by atoms with Crippen molar-refractivity contribution in [1.82, 2.24) is 0 Å². The van der Waals surface area contributed by atoms with Crippen LogP contribution in [0, 0.1) is 5.82 Å². The number of benzene rings is 1. The van der Waals surface area contributed by atoms with Crippen molar-refractivity contribution < 1.29 is 8.81 Å². The lowest BCUT2D eigenvalue weighted by atomic mass is 10.2. The van der Waals surface area contributed by atoms with Crippen LogP contribution in [0.25, 0.3) is 0 Å². The van der Waals surface area contributed by atoms with Crippen molar-refractivity contribution >= 4 is 5.69 Å². The van der Waals surface area contributed by atoms with Crippen LogP contribution in [0.2, 0.25) is 0 Å². The maximum atomic E-state index is 12.9. The fourth-order valence-corrected chi connectivity index (χ4v) is 1.44. The maximum Gasteiger partial charge on any atom is 0.125 e. The Morgan fingerprint density at radius 2 is 2.13 bits per heavy atom. The number of halogens is 1. The van der Waals surface area contributed by atoms with Crippen molar-refractivity contribution in [2.24, 2.45) is 0 Å². The highest BCUT2D eigenvalue weighted by Gasteiger charge is 2.07. The van der Waals surface area contributed by atoms with E-state index in [1.807, 2.05) is 25.1 Å². The summed E-state index contributed by atoms with van der Waals surface area (Å²) in [6.45, 7) is 1.96. The zero-order valence-corrected chi connectivity index (χ0v) is 8.41.